The average molecular weight is 291 g/mol. The Hall–Kier alpha value is -0.750. The van der Waals surface area contributed by atoms with Crippen LogP contribution >= 0.6 is 15.9 Å². The SMILES string of the molecule is CS(=O)CCNC(=O)c1ncccc1Br. The molecule has 0 fully saturated rings. The molecular formula is C9H11BrN2O2S. The summed E-state index contributed by atoms with van der Waals surface area (Å²) < 4.78 is 11.4. The van der Waals surface area contributed by atoms with E-state index in [9.17, 15) is 9.00 Å². The van der Waals surface area contributed by atoms with Gasteiger partial charge in [0.1, 0.15) is 5.69 Å². The van der Waals surface area contributed by atoms with Crippen LogP contribution in [0.15, 0.2) is 22.8 Å². The Morgan fingerprint density at radius 3 is 3.00 bits per heavy atom. The number of amides is 1. The van der Waals surface area contributed by atoms with E-state index in [4.69, 9.17) is 0 Å². The monoisotopic (exact) mass is 290 g/mol. The lowest BCUT2D eigenvalue weighted by molar-refractivity contribution is 0.0950. The molecule has 15 heavy (non-hydrogen) atoms. The number of pyridine rings is 1. The fraction of sp³-hybridized carbons (Fsp3) is 0.333. The fourth-order valence-corrected chi connectivity index (χ4v) is 1.77. The standard InChI is InChI=1S/C9H11BrN2O2S/c1-15(14)6-5-12-9(13)8-7(10)3-2-4-11-8/h2-4H,5-6H2,1H3,(H,12,13). The highest BCUT2D eigenvalue weighted by molar-refractivity contribution is 9.10. The van der Waals surface area contributed by atoms with E-state index >= 15 is 0 Å². The summed E-state index contributed by atoms with van der Waals surface area (Å²) in [5.74, 6) is 0.198. The second-order valence-electron chi connectivity index (χ2n) is 2.87. The molecule has 0 saturated carbocycles. The molecule has 1 aromatic rings. The summed E-state index contributed by atoms with van der Waals surface area (Å²) in [6.07, 6.45) is 3.15. The van der Waals surface area contributed by atoms with Gasteiger partial charge in [0.05, 0.1) is 0 Å². The number of halogens is 1. The van der Waals surface area contributed by atoms with Gasteiger partial charge in [0, 0.05) is 40.0 Å². The molecule has 0 aliphatic rings. The maximum atomic E-state index is 11.5. The first kappa shape index (κ1) is 12.3. The van der Waals surface area contributed by atoms with Crippen LogP contribution in [0.2, 0.25) is 0 Å². The molecule has 1 amide bonds. The van der Waals surface area contributed by atoms with Crippen molar-refractivity contribution < 1.29 is 9.00 Å². The van der Waals surface area contributed by atoms with E-state index in [0.29, 0.717) is 22.5 Å². The summed E-state index contributed by atoms with van der Waals surface area (Å²) in [7, 11) is -0.891. The first-order chi connectivity index (χ1) is 7.11. The highest BCUT2D eigenvalue weighted by Crippen LogP contribution is 2.12. The molecule has 0 spiro atoms. The van der Waals surface area contributed by atoms with Gasteiger partial charge >= 0.3 is 0 Å². The van der Waals surface area contributed by atoms with E-state index in [1.807, 2.05) is 0 Å². The molecule has 1 N–H and O–H groups in total. The van der Waals surface area contributed by atoms with Gasteiger partial charge in [-0.15, -0.1) is 0 Å². The third-order valence-electron chi connectivity index (χ3n) is 1.65. The summed E-state index contributed by atoms with van der Waals surface area (Å²) in [5.41, 5.74) is 0.347. The first-order valence-corrected chi connectivity index (χ1v) is 6.82. The van der Waals surface area contributed by atoms with Crippen molar-refractivity contribution in [1.82, 2.24) is 10.3 Å². The Morgan fingerprint density at radius 1 is 1.67 bits per heavy atom. The molecule has 0 aromatic carbocycles. The van der Waals surface area contributed by atoms with Gasteiger partial charge in [0.2, 0.25) is 0 Å². The lowest BCUT2D eigenvalue weighted by Crippen LogP contribution is -2.28. The topological polar surface area (TPSA) is 59.1 Å². The van der Waals surface area contributed by atoms with E-state index in [2.05, 4.69) is 26.2 Å². The zero-order valence-corrected chi connectivity index (χ0v) is 10.6. The van der Waals surface area contributed by atoms with Crippen LogP contribution in [0.4, 0.5) is 0 Å². The normalized spacial score (nSPS) is 12.1. The summed E-state index contributed by atoms with van der Waals surface area (Å²) in [6.45, 7) is 0.394. The number of hydrogen-bond acceptors (Lipinski definition) is 3. The van der Waals surface area contributed by atoms with Crippen molar-refractivity contribution in [2.45, 2.75) is 0 Å². The molecule has 0 bridgehead atoms. The highest BCUT2D eigenvalue weighted by atomic mass is 79.9. The van der Waals surface area contributed by atoms with Crippen LogP contribution in [0.5, 0.6) is 0 Å². The van der Waals surface area contributed by atoms with Gasteiger partial charge in [-0.3, -0.25) is 9.00 Å². The van der Waals surface area contributed by atoms with E-state index in [1.165, 1.54) is 0 Å². The lowest BCUT2D eigenvalue weighted by Gasteiger charge is -2.04. The van der Waals surface area contributed by atoms with Crippen molar-refractivity contribution in [2.75, 3.05) is 18.6 Å². The van der Waals surface area contributed by atoms with Crippen LogP contribution in [-0.2, 0) is 10.8 Å². The van der Waals surface area contributed by atoms with Crippen LogP contribution in [0, 0.1) is 0 Å². The van der Waals surface area contributed by atoms with Crippen LogP contribution in [0.3, 0.4) is 0 Å². The van der Waals surface area contributed by atoms with Crippen molar-refractivity contribution >= 4 is 32.6 Å². The summed E-state index contributed by atoms with van der Waals surface area (Å²) in [5, 5.41) is 2.65. The largest absolute Gasteiger partial charge is 0.350 e. The number of hydrogen-bond donors (Lipinski definition) is 1. The quantitative estimate of drug-likeness (QED) is 0.898. The second-order valence-corrected chi connectivity index (χ2v) is 5.28. The minimum absolute atomic E-state index is 0.257. The number of nitrogens with zero attached hydrogens (tertiary/aromatic N) is 1. The predicted molar refractivity (Wildman–Crippen MR) is 63.2 cm³/mol. The van der Waals surface area contributed by atoms with Crippen molar-refractivity contribution in [1.29, 1.82) is 0 Å². The van der Waals surface area contributed by atoms with Crippen molar-refractivity contribution in [3.05, 3.63) is 28.5 Å². The molecule has 1 atom stereocenters. The molecule has 82 valence electrons. The first-order valence-electron chi connectivity index (χ1n) is 4.30. The van der Waals surface area contributed by atoms with E-state index in [0.717, 1.165) is 0 Å². The lowest BCUT2D eigenvalue weighted by atomic mass is 10.3. The third kappa shape index (κ3) is 4.09. The molecule has 0 saturated heterocycles. The van der Waals surface area contributed by atoms with Crippen LogP contribution in [-0.4, -0.2) is 33.7 Å². The maximum Gasteiger partial charge on any atom is 0.271 e. The second kappa shape index (κ2) is 5.97. The van der Waals surface area contributed by atoms with Crippen LogP contribution in [0.25, 0.3) is 0 Å². The zero-order valence-electron chi connectivity index (χ0n) is 8.20. The van der Waals surface area contributed by atoms with Gasteiger partial charge in [0.25, 0.3) is 5.91 Å². The van der Waals surface area contributed by atoms with Crippen molar-refractivity contribution in [3.8, 4) is 0 Å². The number of carbonyl (C=O) groups excluding carboxylic acids is 1. The van der Waals surface area contributed by atoms with Gasteiger partial charge in [0.15, 0.2) is 0 Å². The maximum absolute atomic E-state index is 11.5. The Labute approximate surface area is 99.1 Å². The van der Waals surface area contributed by atoms with Crippen molar-refractivity contribution in [3.63, 3.8) is 0 Å². The van der Waals surface area contributed by atoms with Crippen LogP contribution in [0.1, 0.15) is 10.5 Å². The molecule has 1 aromatic heterocycles. The highest BCUT2D eigenvalue weighted by Gasteiger charge is 2.09. The molecular weight excluding hydrogens is 280 g/mol. The Bertz CT molecular complexity index is 384. The van der Waals surface area contributed by atoms with Gasteiger partial charge in [-0.25, -0.2) is 4.98 Å². The minimum atomic E-state index is -0.891. The number of nitrogens with one attached hydrogen (secondary N) is 1. The van der Waals surface area contributed by atoms with Crippen molar-refractivity contribution in [2.24, 2.45) is 0 Å². The van der Waals surface area contributed by atoms with E-state index in [1.54, 1.807) is 24.6 Å². The number of rotatable bonds is 4. The van der Waals surface area contributed by atoms with Crippen LogP contribution < -0.4 is 5.32 Å². The van der Waals surface area contributed by atoms with Gasteiger partial charge in [-0.05, 0) is 28.1 Å². The Morgan fingerprint density at radius 2 is 2.40 bits per heavy atom. The Kier molecular flexibility index (Phi) is 4.90. The molecule has 1 rings (SSSR count). The molecule has 6 heteroatoms. The molecule has 0 radical (unpaired) electrons. The van der Waals surface area contributed by atoms with E-state index < -0.39 is 10.8 Å². The third-order valence-corrected chi connectivity index (χ3v) is 3.07. The Balaban J connectivity index is 2.54. The van der Waals surface area contributed by atoms with Gasteiger partial charge < -0.3 is 5.32 Å². The fourth-order valence-electron chi connectivity index (χ4n) is 0.945. The zero-order chi connectivity index (χ0) is 11.3. The average Bonchev–Trinajstić information content (AvgIpc) is 2.17. The molecule has 0 aliphatic heterocycles. The molecule has 4 nitrogen and oxygen atoms in total. The van der Waals surface area contributed by atoms with E-state index in [-0.39, 0.29) is 5.91 Å². The predicted octanol–water partition coefficient (Wildman–Crippen LogP) is 0.952. The minimum Gasteiger partial charge on any atom is -0.350 e. The van der Waals surface area contributed by atoms with Gasteiger partial charge in [-0.2, -0.15) is 0 Å². The molecule has 1 heterocycles. The summed E-state index contributed by atoms with van der Waals surface area (Å²) in [6, 6.07) is 3.49. The molecule has 0 aliphatic carbocycles. The summed E-state index contributed by atoms with van der Waals surface area (Å²) >= 11 is 3.23. The van der Waals surface area contributed by atoms with Gasteiger partial charge in [-0.1, -0.05) is 0 Å². The smallest absolute Gasteiger partial charge is 0.271 e. The number of aromatic nitrogens is 1. The molecule has 1 unspecified atom stereocenters. The number of carbonyl (C=O) groups is 1. The summed E-state index contributed by atoms with van der Waals surface area (Å²) in [4.78, 5) is 15.5.